The molecule has 33 heavy (non-hydrogen) atoms. The minimum absolute atomic E-state index is 0.0849. The van der Waals surface area contributed by atoms with E-state index in [0.29, 0.717) is 30.1 Å². The third kappa shape index (κ3) is 7.45. The van der Waals surface area contributed by atoms with Crippen LogP contribution in [-0.4, -0.2) is 60.4 Å². The largest absolute Gasteiger partial charge is 0.450 e. The lowest BCUT2D eigenvalue weighted by atomic mass is 9.96. The molecule has 1 saturated heterocycles. The molecule has 10 nitrogen and oxygen atoms in total. The smallest absolute Gasteiger partial charge is 0.411 e. The quantitative estimate of drug-likeness (QED) is 0.471. The molecule has 1 aromatic carbocycles. The molecular formula is C23H36N8O2. The molecule has 2 aromatic rings. The van der Waals surface area contributed by atoms with Crippen LogP contribution in [0.1, 0.15) is 39.7 Å². The van der Waals surface area contributed by atoms with Gasteiger partial charge in [0.2, 0.25) is 17.8 Å². The number of carbonyl (C=O) groups excluding carboxylic acids is 1. The van der Waals surface area contributed by atoms with Crippen molar-refractivity contribution < 1.29 is 9.53 Å². The van der Waals surface area contributed by atoms with Gasteiger partial charge in [0.1, 0.15) is 0 Å². The van der Waals surface area contributed by atoms with Gasteiger partial charge in [0.05, 0.1) is 6.61 Å². The van der Waals surface area contributed by atoms with E-state index >= 15 is 0 Å². The van der Waals surface area contributed by atoms with Crippen molar-refractivity contribution in [1.82, 2.24) is 20.3 Å². The Morgan fingerprint density at radius 2 is 2.00 bits per heavy atom. The van der Waals surface area contributed by atoms with Gasteiger partial charge in [-0.25, -0.2) is 4.79 Å². The number of aromatic nitrogens is 3. The first-order valence-electron chi connectivity index (χ1n) is 11.4. The van der Waals surface area contributed by atoms with Gasteiger partial charge in [-0.15, -0.1) is 0 Å². The summed E-state index contributed by atoms with van der Waals surface area (Å²) in [4.78, 5) is 27.8. The highest BCUT2D eigenvalue weighted by molar-refractivity contribution is 5.85. The SMILES string of the molecule is CCOC(=O)Nc1ccc(C)c(Nc2nc(N[C@@H]3CCNC3)nc(N(C)CC(C)(C)C)n2)c1. The van der Waals surface area contributed by atoms with Gasteiger partial charge in [-0.3, -0.25) is 5.32 Å². The maximum Gasteiger partial charge on any atom is 0.411 e. The van der Waals surface area contributed by atoms with Gasteiger partial charge in [0, 0.05) is 37.6 Å². The van der Waals surface area contributed by atoms with E-state index in [4.69, 9.17) is 4.74 Å². The summed E-state index contributed by atoms with van der Waals surface area (Å²) in [5.74, 6) is 1.57. The first-order valence-corrected chi connectivity index (χ1v) is 11.4. The zero-order valence-electron chi connectivity index (χ0n) is 20.5. The Morgan fingerprint density at radius 3 is 2.67 bits per heavy atom. The molecule has 2 heterocycles. The molecule has 0 unspecified atom stereocenters. The van der Waals surface area contributed by atoms with Crippen molar-refractivity contribution in [3.05, 3.63) is 23.8 Å². The van der Waals surface area contributed by atoms with Crippen LogP contribution in [0.15, 0.2) is 18.2 Å². The second-order valence-corrected chi connectivity index (χ2v) is 9.53. The number of benzene rings is 1. The first-order chi connectivity index (χ1) is 15.6. The van der Waals surface area contributed by atoms with Crippen molar-refractivity contribution in [2.45, 2.75) is 47.1 Å². The molecule has 0 spiro atoms. The second-order valence-electron chi connectivity index (χ2n) is 9.53. The number of nitrogens with zero attached hydrogens (tertiary/aromatic N) is 4. The van der Waals surface area contributed by atoms with E-state index < -0.39 is 6.09 Å². The van der Waals surface area contributed by atoms with E-state index in [2.05, 4.69) is 57.0 Å². The van der Waals surface area contributed by atoms with Gasteiger partial charge in [0.15, 0.2) is 0 Å². The van der Waals surface area contributed by atoms with Crippen molar-refractivity contribution in [2.75, 3.05) is 54.1 Å². The molecule has 0 radical (unpaired) electrons. The molecule has 0 aliphatic carbocycles. The normalized spacial score (nSPS) is 15.8. The number of hydrogen-bond donors (Lipinski definition) is 4. The molecule has 1 aromatic heterocycles. The zero-order valence-corrected chi connectivity index (χ0v) is 20.5. The summed E-state index contributed by atoms with van der Waals surface area (Å²) in [5.41, 5.74) is 2.48. The van der Waals surface area contributed by atoms with Crippen LogP contribution < -0.4 is 26.2 Å². The van der Waals surface area contributed by atoms with Crippen molar-refractivity contribution in [3.8, 4) is 0 Å². The summed E-state index contributed by atoms with van der Waals surface area (Å²) in [6, 6.07) is 5.86. The molecule has 1 amide bonds. The molecule has 180 valence electrons. The highest BCUT2D eigenvalue weighted by Gasteiger charge is 2.20. The van der Waals surface area contributed by atoms with E-state index in [0.717, 1.165) is 37.3 Å². The fourth-order valence-electron chi connectivity index (χ4n) is 3.64. The molecule has 1 aliphatic heterocycles. The topological polar surface area (TPSA) is 116 Å². The average Bonchev–Trinajstić information content (AvgIpc) is 3.22. The number of carbonyl (C=O) groups is 1. The first kappa shape index (κ1) is 24.5. The van der Waals surface area contributed by atoms with Gasteiger partial charge in [-0.1, -0.05) is 26.8 Å². The minimum atomic E-state index is -0.491. The molecule has 3 rings (SSSR count). The molecule has 0 bridgehead atoms. The predicted octanol–water partition coefficient (Wildman–Crippen LogP) is 3.75. The molecule has 1 atom stereocenters. The van der Waals surface area contributed by atoms with E-state index in [1.807, 2.05) is 37.1 Å². The molecule has 1 fully saturated rings. The highest BCUT2D eigenvalue weighted by Crippen LogP contribution is 2.25. The summed E-state index contributed by atoms with van der Waals surface area (Å²) in [5, 5.41) is 12.8. The zero-order chi connectivity index (χ0) is 24.0. The van der Waals surface area contributed by atoms with Gasteiger partial charge in [-0.2, -0.15) is 15.0 Å². The Balaban J connectivity index is 1.87. The van der Waals surface area contributed by atoms with Crippen LogP contribution in [0.25, 0.3) is 0 Å². The van der Waals surface area contributed by atoms with Crippen LogP contribution in [0, 0.1) is 12.3 Å². The summed E-state index contributed by atoms with van der Waals surface area (Å²) in [6.45, 7) is 13.2. The van der Waals surface area contributed by atoms with E-state index in [9.17, 15) is 4.79 Å². The van der Waals surface area contributed by atoms with Crippen LogP contribution >= 0.6 is 0 Å². The Morgan fingerprint density at radius 1 is 1.24 bits per heavy atom. The number of aryl methyl sites for hydroxylation is 1. The minimum Gasteiger partial charge on any atom is -0.450 e. The second kappa shape index (κ2) is 10.7. The van der Waals surface area contributed by atoms with Gasteiger partial charge < -0.3 is 25.6 Å². The average molecular weight is 457 g/mol. The van der Waals surface area contributed by atoms with Crippen LogP contribution in [0.4, 0.5) is 34.0 Å². The van der Waals surface area contributed by atoms with Crippen molar-refractivity contribution in [3.63, 3.8) is 0 Å². The van der Waals surface area contributed by atoms with Crippen molar-refractivity contribution >= 4 is 35.3 Å². The number of hydrogen-bond acceptors (Lipinski definition) is 9. The fourth-order valence-corrected chi connectivity index (χ4v) is 3.64. The lowest BCUT2D eigenvalue weighted by molar-refractivity contribution is 0.168. The Labute approximate surface area is 195 Å². The van der Waals surface area contributed by atoms with Crippen LogP contribution in [0.3, 0.4) is 0 Å². The van der Waals surface area contributed by atoms with Gasteiger partial charge in [0.25, 0.3) is 0 Å². The van der Waals surface area contributed by atoms with Crippen LogP contribution in [0.5, 0.6) is 0 Å². The number of rotatable bonds is 8. The molecule has 10 heteroatoms. The molecule has 4 N–H and O–H groups in total. The molecule has 0 saturated carbocycles. The standard InChI is InChI=1S/C23H36N8O2/c1-7-33-22(32)26-16-9-8-15(2)18(12-16)27-20-28-19(25-17-10-11-24-13-17)29-21(30-20)31(6)14-23(3,4)5/h8-9,12,17,24H,7,10-11,13-14H2,1-6H3,(H,26,32)(H2,25,27,28,29,30)/t17-/m1/s1. The predicted molar refractivity (Wildman–Crippen MR) is 133 cm³/mol. The third-order valence-corrected chi connectivity index (χ3v) is 5.08. The monoisotopic (exact) mass is 456 g/mol. The Bertz CT molecular complexity index is 954. The summed E-state index contributed by atoms with van der Waals surface area (Å²) in [7, 11) is 1.99. The summed E-state index contributed by atoms with van der Waals surface area (Å²) < 4.78 is 4.97. The lowest BCUT2D eigenvalue weighted by Gasteiger charge is -2.27. The van der Waals surface area contributed by atoms with Crippen molar-refractivity contribution in [2.24, 2.45) is 5.41 Å². The fraction of sp³-hybridized carbons (Fsp3) is 0.565. The Kier molecular flexibility index (Phi) is 7.91. The number of anilines is 5. The highest BCUT2D eigenvalue weighted by atomic mass is 16.5. The lowest BCUT2D eigenvalue weighted by Crippen LogP contribution is -2.31. The van der Waals surface area contributed by atoms with Gasteiger partial charge in [-0.05, 0) is 49.9 Å². The number of nitrogens with one attached hydrogen (secondary N) is 4. The van der Waals surface area contributed by atoms with E-state index in [1.54, 1.807) is 6.92 Å². The van der Waals surface area contributed by atoms with Crippen LogP contribution in [0.2, 0.25) is 0 Å². The van der Waals surface area contributed by atoms with Crippen molar-refractivity contribution in [1.29, 1.82) is 0 Å². The summed E-state index contributed by atoms with van der Waals surface area (Å²) in [6.07, 6.45) is 0.526. The van der Waals surface area contributed by atoms with E-state index in [-0.39, 0.29) is 11.5 Å². The van der Waals surface area contributed by atoms with Gasteiger partial charge >= 0.3 is 6.09 Å². The molecular weight excluding hydrogens is 420 g/mol. The number of amides is 1. The maximum atomic E-state index is 11.8. The third-order valence-electron chi connectivity index (χ3n) is 5.08. The van der Waals surface area contributed by atoms with Crippen LogP contribution in [-0.2, 0) is 4.74 Å². The summed E-state index contributed by atoms with van der Waals surface area (Å²) >= 11 is 0. The maximum absolute atomic E-state index is 11.8. The van der Waals surface area contributed by atoms with E-state index in [1.165, 1.54) is 0 Å². The molecule has 1 aliphatic rings. The Hall–Kier alpha value is -3.14. The number of ether oxygens (including phenoxy) is 1.